The van der Waals surface area contributed by atoms with Crippen LogP contribution < -0.4 is 24.8 Å². The van der Waals surface area contributed by atoms with Gasteiger partial charge in [0.05, 0.1) is 0 Å². The van der Waals surface area contributed by atoms with Gasteiger partial charge in [-0.15, -0.1) is 0 Å². The van der Waals surface area contributed by atoms with E-state index in [1.807, 2.05) is 42.5 Å². The van der Waals surface area contributed by atoms with Gasteiger partial charge in [0.2, 0.25) is 12.7 Å². The van der Waals surface area contributed by atoms with E-state index >= 15 is 0 Å². The number of ether oxygens (including phenoxy) is 3. The highest BCUT2D eigenvalue weighted by atomic mass is 16.7. The monoisotopic (exact) mass is 433 g/mol. The first-order valence-corrected chi connectivity index (χ1v) is 10.6. The Morgan fingerprint density at radius 2 is 1.88 bits per heavy atom. The first kappa shape index (κ1) is 21.5. The second-order valence-corrected chi connectivity index (χ2v) is 8.52. The Kier molecular flexibility index (Phi) is 6.16. The lowest BCUT2D eigenvalue weighted by Crippen LogP contribution is -2.30. The second-order valence-electron chi connectivity index (χ2n) is 8.52. The van der Waals surface area contributed by atoms with Crippen LogP contribution in [-0.2, 0) is 11.8 Å². The molecule has 1 aromatic heterocycles. The number of anilines is 1. The minimum atomic E-state index is -0.326. The third kappa shape index (κ3) is 5.11. The number of rotatable bonds is 6. The molecular formula is C25H27N3O4. The van der Waals surface area contributed by atoms with Gasteiger partial charge < -0.3 is 24.8 Å². The Morgan fingerprint density at radius 3 is 2.72 bits per heavy atom. The van der Waals surface area contributed by atoms with Crippen molar-refractivity contribution in [2.24, 2.45) is 0 Å². The van der Waals surface area contributed by atoms with Gasteiger partial charge in [-0.1, -0.05) is 45.0 Å². The van der Waals surface area contributed by atoms with Gasteiger partial charge in [-0.25, -0.2) is 9.78 Å². The van der Waals surface area contributed by atoms with Gasteiger partial charge >= 0.3 is 6.03 Å². The lowest BCUT2D eigenvalue weighted by Gasteiger charge is -2.22. The van der Waals surface area contributed by atoms with Gasteiger partial charge in [-0.3, -0.25) is 0 Å². The van der Waals surface area contributed by atoms with E-state index in [1.165, 1.54) is 0 Å². The van der Waals surface area contributed by atoms with E-state index in [0.29, 0.717) is 30.3 Å². The summed E-state index contributed by atoms with van der Waals surface area (Å²) in [5.74, 6) is 2.54. The van der Waals surface area contributed by atoms with Gasteiger partial charge in [0.15, 0.2) is 11.5 Å². The number of fused-ring (bicyclic) bond motifs is 1. The van der Waals surface area contributed by atoms with Crippen molar-refractivity contribution in [3.63, 3.8) is 0 Å². The minimum Gasteiger partial charge on any atom is -0.454 e. The molecule has 0 saturated heterocycles. The predicted molar refractivity (Wildman–Crippen MR) is 123 cm³/mol. The van der Waals surface area contributed by atoms with E-state index in [1.54, 1.807) is 18.3 Å². The van der Waals surface area contributed by atoms with Crippen LogP contribution in [0.1, 0.15) is 31.9 Å². The maximum absolute atomic E-state index is 12.5. The Bertz CT molecular complexity index is 1110. The molecule has 2 N–H and O–H groups in total. The van der Waals surface area contributed by atoms with E-state index in [2.05, 4.69) is 36.4 Å². The van der Waals surface area contributed by atoms with Crippen molar-refractivity contribution in [1.29, 1.82) is 0 Å². The smallest absolute Gasteiger partial charge is 0.319 e. The van der Waals surface area contributed by atoms with Gasteiger partial charge in [-0.2, -0.15) is 0 Å². The lowest BCUT2D eigenvalue weighted by atomic mass is 9.86. The zero-order chi connectivity index (χ0) is 22.6. The number of pyridine rings is 1. The summed E-state index contributed by atoms with van der Waals surface area (Å²) in [4.78, 5) is 16.8. The molecule has 32 heavy (non-hydrogen) atoms. The largest absolute Gasteiger partial charge is 0.454 e. The van der Waals surface area contributed by atoms with Crippen LogP contribution in [0.2, 0.25) is 0 Å². The molecule has 0 radical (unpaired) electrons. The molecule has 7 nitrogen and oxygen atoms in total. The number of amides is 2. The first-order valence-electron chi connectivity index (χ1n) is 10.6. The molecule has 7 heteroatoms. The Morgan fingerprint density at radius 1 is 1.06 bits per heavy atom. The van der Waals surface area contributed by atoms with Gasteiger partial charge in [0.25, 0.3) is 0 Å². The number of para-hydroxylation sites is 1. The SMILES string of the molecule is CC(C)(C)c1ccccc1Oc1ncccc1NC(=O)NCCc1ccc2c(c1)OCO2. The maximum atomic E-state index is 12.5. The predicted octanol–water partition coefficient (Wildman–Crippen LogP) is 5.26. The Balaban J connectivity index is 1.37. The number of aromatic nitrogens is 1. The number of urea groups is 1. The number of benzene rings is 2. The third-order valence-electron chi connectivity index (χ3n) is 5.06. The average Bonchev–Trinajstić information content (AvgIpc) is 3.23. The van der Waals surface area contributed by atoms with Gasteiger partial charge in [0.1, 0.15) is 11.4 Å². The standard InChI is InChI=1S/C25H27N3O4/c1-25(2,3)18-7-4-5-9-20(18)32-23-19(8-6-13-26-23)28-24(29)27-14-12-17-10-11-21-22(15-17)31-16-30-21/h4-11,13,15H,12,14,16H2,1-3H3,(H2,27,28,29). The summed E-state index contributed by atoms with van der Waals surface area (Å²) in [6.07, 6.45) is 2.30. The number of nitrogens with zero attached hydrogens (tertiary/aromatic N) is 1. The molecule has 0 fully saturated rings. The van der Waals surface area contributed by atoms with Crippen LogP contribution in [0.15, 0.2) is 60.8 Å². The van der Waals surface area contributed by atoms with Crippen molar-refractivity contribution in [2.45, 2.75) is 32.6 Å². The van der Waals surface area contributed by atoms with E-state index < -0.39 is 0 Å². The Labute approximate surface area is 187 Å². The molecule has 0 atom stereocenters. The number of carbonyl (C=O) groups is 1. The first-order chi connectivity index (χ1) is 15.4. The molecule has 2 aromatic carbocycles. The van der Waals surface area contributed by atoms with Crippen LogP contribution >= 0.6 is 0 Å². The molecule has 2 heterocycles. The van der Waals surface area contributed by atoms with Crippen LogP contribution in [0.5, 0.6) is 23.1 Å². The van der Waals surface area contributed by atoms with Crippen molar-refractivity contribution in [3.8, 4) is 23.1 Å². The van der Waals surface area contributed by atoms with Crippen LogP contribution in [0.4, 0.5) is 10.5 Å². The highest BCUT2D eigenvalue weighted by Gasteiger charge is 2.20. The average molecular weight is 434 g/mol. The zero-order valence-corrected chi connectivity index (χ0v) is 18.5. The van der Waals surface area contributed by atoms with Gasteiger partial charge in [0, 0.05) is 18.3 Å². The Hall–Kier alpha value is -3.74. The van der Waals surface area contributed by atoms with E-state index in [4.69, 9.17) is 14.2 Å². The maximum Gasteiger partial charge on any atom is 0.319 e. The molecule has 0 aliphatic carbocycles. The number of hydrogen-bond acceptors (Lipinski definition) is 5. The van der Waals surface area contributed by atoms with Crippen LogP contribution in [0, 0.1) is 0 Å². The summed E-state index contributed by atoms with van der Waals surface area (Å²) in [6.45, 7) is 7.09. The van der Waals surface area contributed by atoms with Crippen LogP contribution in [-0.4, -0.2) is 24.4 Å². The summed E-state index contributed by atoms with van der Waals surface area (Å²) in [5, 5.41) is 5.70. The molecule has 0 saturated carbocycles. The van der Waals surface area contributed by atoms with E-state index in [0.717, 1.165) is 22.6 Å². The van der Waals surface area contributed by atoms with Crippen molar-refractivity contribution >= 4 is 11.7 Å². The topological polar surface area (TPSA) is 81.7 Å². The van der Waals surface area contributed by atoms with Crippen molar-refractivity contribution in [2.75, 3.05) is 18.7 Å². The quantitative estimate of drug-likeness (QED) is 0.554. The van der Waals surface area contributed by atoms with Crippen LogP contribution in [0.25, 0.3) is 0 Å². The molecular weight excluding hydrogens is 406 g/mol. The molecule has 1 aliphatic rings. The summed E-state index contributed by atoms with van der Waals surface area (Å²) < 4.78 is 16.8. The normalized spacial score (nSPS) is 12.3. The molecule has 0 unspecified atom stereocenters. The van der Waals surface area contributed by atoms with Crippen molar-refractivity contribution in [1.82, 2.24) is 10.3 Å². The molecule has 3 aromatic rings. The van der Waals surface area contributed by atoms with Crippen molar-refractivity contribution in [3.05, 3.63) is 71.9 Å². The highest BCUT2D eigenvalue weighted by molar-refractivity contribution is 5.90. The zero-order valence-electron chi connectivity index (χ0n) is 18.5. The summed E-state index contributed by atoms with van der Waals surface area (Å²) in [5.41, 5.74) is 2.52. The van der Waals surface area contributed by atoms with E-state index in [9.17, 15) is 4.79 Å². The second kappa shape index (κ2) is 9.18. The lowest BCUT2D eigenvalue weighted by molar-refractivity contribution is 0.174. The molecule has 0 bridgehead atoms. The summed E-state index contributed by atoms with van der Waals surface area (Å²) in [6, 6.07) is 16.8. The summed E-state index contributed by atoms with van der Waals surface area (Å²) in [7, 11) is 0. The number of hydrogen-bond donors (Lipinski definition) is 2. The fraction of sp³-hybridized carbons (Fsp3) is 0.280. The van der Waals surface area contributed by atoms with Crippen molar-refractivity contribution < 1.29 is 19.0 Å². The number of nitrogens with one attached hydrogen (secondary N) is 2. The fourth-order valence-corrected chi connectivity index (χ4v) is 3.43. The van der Waals surface area contributed by atoms with Gasteiger partial charge in [-0.05, 0) is 47.7 Å². The molecule has 2 amide bonds. The summed E-state index contributed by atoms with van der Waals surface area (Å²) >= 11 is 0. The minimum absolute atomic E-state index is 0.0922. The molecule has 4 rings (SSSR count). The third-order valence-corrected chi connectivity index (χ3v) is 5.06. The molecule has 0 spiro atoms. The number of carbonyl (C=O) groups excluding carboxylic acids is 1. The molecule has 1 aliphatic heterocycles. The van der Waals surface area contributed by atoms with Crippen LogP contribution in [0.3, 0.4) is 0 Å². The van der Waals surface area contributed by atoms with E-state index in [-0.39, 0.29) is 18.2 Å². The molecule has 166 valence electrons. The highest BCUT2D eigenvalue weighted by Crippen LogP contribution is 2.35. The fourth-order valence-electron chi connectivity index (χ4n) is 3.43.